The molecule has 0 aromatic heterocycles. The molecule has 3 nitrogen and oxygen atoms in total. The van der Waals surface area contributed by atoms with E-state index >= 15 is 0 Å². The molecule has 0 aliphatic rings. The lowest BCUT2D eigenvalue weighted by Gasteiger charge is -2.24. The summed E-state index contributed by atoms with van der Waals surface area (Å²) in [5.41, 5.74) is 0. The summed E-state index contributed by atoms with van der Waals surface area (Å²) in [4.78, 5) is 25.1. The van der Waals surface area contributed by atoms with Crippen molar-refractivity contribution in [3.8, 4) is 0 Å². The first kappa shape index (κ1) is 8.16. The molecule has 0 fully saturated rings. The maximum absolute atomic E-state index is 8.60. The summed E-state index contributed by atoms with van der Waals surface area (Å²) in [5, 5.41) is 0. The monoisotopic (exact) mass is 134 g/mol. The molecular weight excluding hydrogens is 123 g/mol. The van der Waals surface area contributed by atoms with Crippen LogP contribution in [0.25, 0.3) is 0 Å². The molecule has 0 atom stereocenters. The van der Waals surface area contributed by atoms with Crippen molar-refractivity contribution in [1.82, 2.24) is 0 Å². The lowest BCUT2D eigenvalue weighted by atomic mass is 9.90. The first-order valence-corrected chi connectivity index (χ1v) is 4.26. The Bertz CT molecular complexity index is 69.5. The first-order valence-electron chi connectivity index (χ1n) is 2.42. The SMILES string of the molecule is BC(C)(C)[Si](O)(O)O. The molecule has 0 bridgehead atoms. The number of hydrogen-bond donors (Lipinski definition) is 3. The van der Waals surface area contributed by atoms with Gasteiger partial charge in [-0.15, -0.1) is 0 Å². The third-order valence-electron chi connectivity index (χ3n) is 1.01. The highest BCUT2D eigenvalue weighted by molar-refractivity contribution is 6.68. The van der Waals surface area contributed by atoms with Crippen LogP contribution in [0.3, 0.4) is 0 Å². The second-order valence-corrected chi connectivity index (χ2v) is 5.66. The highest BCUT2D eigenvalue weighted by atomic mass is 28.4. The van der Waals surface area contributed by atoms with E-state index in [0.717, 1.165) is 0 Å². The van der Waals surface area contributed by atoms with Crippen molar-refractivity contribution < 1.29 is 14.4 Å². The Balaban J connectivity index is 4.02. The van der Waals surface area contributed by atoms with E-state index in [2.05, 4.69) is 0 Å². The molecule has 0 spiro atoms. The van der Waals surface area contributed by atoms with E-state index in [9.17, 15) is 0 Å². The van der Waals surface area contributed by atoms with Crippen LogP contribution in [0.5, 0.6) is 0 Å². The van der Waals surface area contributed by atoms with Crippen LogP contribution in [0, 0.1) is 0 Å². The van der Waals surface area contributed by atoms with Crippen molar-refractivity contribution in [3.05, 3.63) is 0 Å². The summed E-state index contributed by atoms with van der Waals surface area (Å²) in [5.74, 6) is 0. The third kappa shape index (κ3) is 1.96. The molecule has 0 aliphatic carbocycles. The minimum Gasteiger partial charge on any atom is -0.390 e. The summed E-state index contributed by atoms with van der Waals surface area (Å²) in [6.07, 6.45) is 0. The van der Waals surface area contributed by atoms with Crippen molar-refractivity contribution in [3.63, 3.8) is 0 Å². The Kier molecular flexibility index (Phi) is 1.88. The van der Waals surface area contributed by atoms with Gasteiger partial charge in [0.15, 0.2) is 0 Å². The van der Waals surface area contributed by atoms with Gasteiger partial charge in [-0.2, -0.15) is 0 Å². The van der Waals surface area contributed by atoms with E-state index in [-0.39, 0.29) is 0 Å². The zero-order valence-electron chi connectivity index (χ0n) is 5.34. The van der Waals surface area contributed by atoms with Gasteiger partial charge in [-0.05, 0) is 0 Å². The van der Waals surface area contributed by atoms with E-state index in [4.69, 9.17) is 14.4 Å². The molecule has 0 aromatic carbocycles. The van der Waals surface area contributed by atoms with Gasteiger partial charge in [0.2, 0.25) is 0 Å². The van der Waals surface area contributed by atoms with Crippen LogP contribution < -0.4 is 0 Å². The topological polar surface area (TPSA) is 60.7 Å². The van der Waals surface area contributed by atoms with E-state index in [1.165, 1.54) is 0 Å². The third-order valence-corrected chi connectivity index (χ3v) is 3.02. The van der Waals surface area contributed by atoms with Gasteiger partial charge >= 0.3 is 8.80 Å². The van der Waals surface area contributed by atoms with E-state index in [1.807, 2.05) is 0 Å². The average molecular weight is 134 g/mol. The van der Waals surface area contributed by atoms with Gasteiger partial charge in [-0.3, -0.25) is 0 Å². The van der Waals surface area contributed by atoms with Crippen LogP contribution in [0.15, 0.2) is 0 Å². The minimum atomic E-state index is -3.86. The van der Waals surface area contributed by atoms with E-state index < -0.39 is 13.7 Å². The lowest BCUT2D eigenvalue weighted by molar-refractivity contribution is 0.207. The van der Waals surface area contributed by atoms with Gasteiger partial charge < -0.3 is 14.4 Å². The molecule has 0 unspecified atom stereocenters. The fourth-order valence-corrected chi connectivity index (χ4v) is 0. The predicted octanol–water partition coefficient (Wildman–Crippen LogP) is -1.73. The molecule has 5 heteroatoms. The summed E-state index contributed by atoms with van der Waals surface area (Å²) < 4.78 is 0. The van der Waals surface area contributed by atoms with Crippen molar-refractivity contribution in [2.24, 2.45) is 0 Å². The summed E-state index contributed by atoms with van der Waals surface area (Å²) in [6.45, 7) is 3.17. The molecule has 48 valence electrons. The smallest absolute Gasteiger partial charge is 0.390 e. The summed E-state index contributed by atoms with van der Waals surface area (Å²) in [7, 11) is -2.28. The van der Waals surface area contributed by atoms with Crippen LogP contribution >= 0.6 is 0 Å². The molecule has 0 rings (SSSR count). The van der Waals surface area contributed by atoms with Gasteiger partial charge in [0.1, 0.15) is 7.85 Å². The molecule has 0 saturated heterocycles. The molecule has 0 heterocycles. The van der Waals surface area contributed by atoms with E-state index in [1.54, 1.807) is 21.7 Å². The van der Waals surface area contributed by atoms with Gasteiger partial charge in [0.25, 0.3) is 0 Å². The van der Waals surface area contributed by atoms with Crippen LogP contribution in [-0.2, 0) is 0 Å². The first-order chi connectivity index (χ1) is 3.25. The Labute approximate surface area is 50.8 Å². The molecule has 8 heavy (non-hydrogen) atoms. The minimum absolute atomic E-state index is 0.757. The number of rotatable bonds is 1. The van der Waals surface area contributed by atoms with Gasteiger partial charge in [-0.1, -0.05) is 13.8 Å². The zero-order valence-corrected chi connectivity index (χ0v) is 6.34. The quantitative estimate of drug-likeness (QED) is 0.373. The van der Waals surface area contributed by atoms with Crippen LogP contribution in [0.4, 0.5) is 0 Å². The molecule has 0 amide bonds. The van der Waals surface area contributed by atoms with Crippen LogP contribution in [0.1, 0.15) is 13.8 Å². The maximum atomic E-state index is 8.60. The van der Waals surface area contributed by atoms with Crippen molar-refractivity contribution in [1.29, 1.82) is 0 Å². The fraction of sp³-hybridized carbons (Fsp3) is 1.00. The molecule has 0 radical (unpaired) electrons. The molecular formula is C3H11BO3Si. The molecule has 0 aromatic rings. The zero-order chi connectivity index (χ0) is 7.00. The van der Waals surface area contributed by atoms with Crippen molar-refractivity contribution in [2.45, 2.75) is 18.8 Å². The van der Waals surface area contributed by atoms with Crippen molar-refractivity contribution >= 4 is 16.7 Å². The second kappa shape index (κ2) is 1.84. The van der Waals surface area contributed by atoms with Gasteiger partial charge in [-0.25, -0.2) is 0 Å². The molecule has 0 saturated carbocycles. The fourth-order valence-electron chi connectivity index (χ4n) is 0. The Morgan fingerprint density at radius 1 is 1.25 bits per heavy atom. The summed E-state index contributed by atoms with van der Waals surface area (Å²) in [6, 6.07) is 0. The molecule has 3 N–H and O–H groups in total. The van der Waals surface area contributed by atoms with Crippen LogP contribution in [-0.4, -0.2) is 31.0 Å². The number of hydrogen-bond acceptors (Lipinski definition) is 3. The second-order valence-electron chi connectivity index (χ2n) is 2.89. The van der Waals surface area contributed by atoms with Crippen LogP contribution in [0.2, 0.25) is 4.94 Å². The largest absolute Gasteiger partial charge is 0.490 e. The van der Waals surface area contributed by atoms with Gasteiger partial charge in [0, 0.05) is 4.94 Å². The highest BCUT2D eigenvalue weighted by Crippen LogP contribution is 2.25. The maximum Gasteiger partial charge on any atom is 0.490 e. The highest BCUT2D eigenvalue weighted by Gasteiger charge is 2.42. The van der Waals surface area contributed by atoms with Crippen molar-refractivity contribution in [2.75, 3.05) is 0 Å². The Morgan fingerprint density at radius 2 is 1.38 bits per heavy atom. The summed E-state index contributed by atoms with van der Waals surface area (Å²) >= 11 is 0. The Hall–Kier alpha value is 0.162. The lowest BCUT2D eigenvalue weighted by Crippen LogP contribution is -2.46. The Morgan fingerprint density at radius 3 is 1.38 bits per heavy atom. The normalized spacial score (nSPS) is 14.1. The average Bonchev–Trinajstić information content (AvgIpc) is 1.25. The standard InChI is InChI=1S/C3H11BO3Si/c1-3(2,4)8(5,6)7/h5-7H,4H2,1-2H3. The van der Waals surface area contributed by atoms with Gasteiger partial charge in [0.05, 0.1) is 0 Å². The van der Waals surface area contributed by atoms with E-state index in [0.29, 0.717) is 0 Å². The predicted molar refractivity (Wildman–Crippen MR) is 35.0 cm³/mol. The molecule has 0 aliphatic heterocycles.